The summed E-state index contributed by atoms with van der Waals surface area (Å²) in [5, 5.41) is 2.89. The zero-order chi connectivity index (χ0) is 25.4. The van der Waals surface area contributed by atoms with E-state index >= 15 is 0 Å². The molecular weight excluding hydrogens is 545 g/mol. The standard InChI is InChI=1S/C22H37N7O5S.2ClH/c1-35(33,34)26-9-3-2-7-18(22(32)28-10-4-5-11-28)27-20(30)19-8-6-12-29(19)21(31)17(23)13-16-14-24-15-25-16;;/h14-15,17-19,26H,2-13,23H2,1H3,(H,24,25)(H,27,30);2*1H/t17-,18-,19-;;/m0../s1. The van der Waals surface area contributed by atoms with E-state index < -0.39 is 28.1 Å². The number of carbonyl (C=O) groups excluding carboxylic acids is 3. The molecule has 3 atom stereocenters. The van der Waals surface area contributed by atoms with Gasteiger partial charge in [-0.2, -0.15) is 0 Å². The number of sulfonamides is 1. The van der Waals surface area contributed by atoms with Crippen LogP contribution in [0.4, 0.5) is 0 Å². The van der Waals surface area contributed by atoms with E-state index in [9.17, 15) is 22.8 Å². The van der Waals surface area contributed by atoms with E-state index in [1.807, 2.05) is 0 Å². The number of imidazole rings is 1. The van der Waals surface area contributed by atoms with Crippen LogP contribution >= 0.6 is 24.8 Å². The molecule has 12 nitrogen and oxygen atoms in total. The largest absolute Gasteiger partial charge is 0.351 e. The molecule has 2 aliphatic rings. The van der Waals surface area contributed by atoms with Crippen molar-refractivity contribution in [2.45, 2.75) is 69.5 Å². The molecule has 0 radical (unpaired) electrons. The lowest BCUT2D eigenvalue weighted by Crippen LogP contribution is -2.55. The number of carbonyl (C=O) groups is 3. The molecule has 0 aliphatic carbocycles. The maximum absolute atomic E-state index is 13.2. The number of nitrogens with two attached hydrogens (primary N) is 1. The summed E-state index contributed by atoms with van der Waals surface area (Å²) < 4.78 is 24.9. The lowest BCUT2D eigenvalue weighted by Gasteiger charge is -2.29. The van der Waals surface area contributed by atoms with E-state index in [1.165, 1.54) is 11.2 Å². The van der Waals surface area contributed by atoms with Crippen LogP contribution < -0.4 is 15.8 Å². The van der Waals surface area contributed by atoms with Crippen molar-refractivity contribution in [2.24, 2.45) is 5.73 Å². The number of hydrogen-bond acceptors (Lipinski definition) is 7. The summed E-state index contributed by atoms with van der Waals surface area (Å²) >= 11 is 0. The summed E-state index contributed by atoms with van der Waals surface area (Å²) in [5.74, 6) is -0.785. The van der Waals surface area contributed by atoms with E-state index in [2.05, 4.69) is 20.0 Å². The number of likely N-dealkylation sites (tertiary alicyclic amines) is 2. The van der Waals surface area contributed by atoms with Crippen molar-refractivity contribution in [1.82, 2.24) is 29.8 Å². The van der Waals surface area contributed by atoms with Crippen molar-refractivity contribution in [3.05, 3.63) is 18.2 Å². The number of aromatic nitrogens is 2. The molecule has 2 aliphatic heterocycles. The highest BCUT2D eigenvalue weighted by atomic mass is 35.5. The van der Waals surface area contributed by atoms with Crippen molar-refractivity contribution >= 4 is 52.6 Å². The van der Waals surface area contributed by atoms with Gasteiger partial charge in [-0.3, -0.25) is 14.4 Å². The second kappa shape index (κ2) is 15.5. The molecule has 212 valence electrons. The summed E-state index contributed by atoms with van der Waals surface area (Å²) in [4.78, 5) is 49.5. The molecule has 1 aromatic rings. The number of unbranched alkanes of at least 4 members (excludes halogenated alkanes) is 1. The summed E-state index contributed by atoms with van der Waals surface area (Å²) in [5.41, 5.74) is 6.80. The number of hydrogen-bond donors (Lipinski definition) is 4. The van der Waals surface area contributed by atoms with Gasteiger partial charge >= 0.3 is 0 Å². The van der Waals surface area contributed by atoms with Crippen LogP contribution in [-0.2, 0) is 30.8 Å². The molecule has 3 amide bonds. The SMILES string of the molecule is CS(=O)(=O)NCCCC[C@H](NC(=O)[C@@H]1CCCN1C(=O)[C@@H](N)Cc1c[nH]cn1)C(=O)N1CCCC1.Cl.Cl. The van der Waals surface area contributed by atoms with Gasteiger partial charge in [0.05, 0.1) is 24.3 Å². The smallest absolute Gasteiger partial charge is 0.245 e. The summed E-state index contributed by atoms with van der Waals surface area (Å²) in [7, 11) is -3.27. The van der Waals surface area contributed by atoms with Crippen LogP contribution in [-0.4, -0.2) is 96.5 Å². The lowest BCUT2D eigenvalue weighted by atomic mass is 10.1. The number of aromatic amines is 1. The molecule has 37 heavy (non-hydrogen) atoms. The van der Waals surface area contributed by atoms with Crippen LogP contribution in [0, 0.1) is 0 Å². The number of rotatable bonds is 12. The highest BCUT2D eigenvalue weighted by Crippen LogP contribution is 2.20. The molecule has 0 aromatic carbocycles. The molecule has 3 heterocycles. The number of H-pyrrole nitrogens is 1. The second-order valence-corrected chi connectivity index (χ2v) is 11.1. The summed E-state index contributed by atoms with van der Waals surface area (Å²) in [6.07, 6.45) is 9.13. The van der Waals surface area contributed by atoms with E-state index in [1.54, 1.807) is 11.1 Å². The zero-order valence-corrected chi connectivity index (χ0v) is 23.5. The topological polar surface area (TPSA) is 171 Å². The van der Waals surface area contributed by atoms with Gasteiger partial charge < -0.3 is 25.8 Å². The molecule has 2 fully saturated rings. The Balaban J connectivity index is 0.00000342. The minimum Gasteiger partial charge on any atom is -0.351 e. The molecule has 5 N–H and O–H groups in total. The first-order valence-electron chi connectivity index (χ1n) is 12.2. The van der Waals surface area contributed by atoms with Crippen LogP contribution in [0.1, 0.15) is 50.6 Å². The van der Waals surface area contributed by atoms with Crippen molar-refractivity contribution in [3.8, 4) is 0 Å². The molecule has 15 heteroatoms. The fourth-order valence-electron chi connectivity index (χ4n) is 4.65. The van der Waals surface area contributed by atoms with E-state index in [0.717, 1.165) is 19.1 Å². The molecule has 1 aromatic heterocycles. The minimum absolute atomic E-state index is 0. The quantitative estimate of drug-likeness (QED) is 0.249. The fourth-order valence-corrected chi connectivity index (χ4v) is 5.16. The van der Waals surface area contributed by atoms with Crippen LogP contribution in [0.2, 0.25) is 0 Å². The third-order valence-electron chi connectivity index (χ3n) is 6.46. The van der Waals surface area contributed by atoms with Crippen molar-refractivity contribution < 1.29 is 22.8 Å². The third kappa shape index (κ3) is 10.0. The molecule has 0 unspecified atom stereocenters. The maximum Gasteiger partial charge on any atom is 0.245 e. The van der Waals surface area contributed by atoms with Gasteiger partial charge in [0.2, 0.25) is 27.7 Å². The Morgan fingerprint density at radius 2 is 1.84 bits per heavy atom. The Labute approximate surface area is 230 Å². The van der Waals surface area contributed by atoms with Gasteiger partial charge in [-0.15, -0.1) is 24.8 Å². The van der Waals surface area contributed by atoms with Crippen molar-refractivity contribution in [2.75, 3.05) is 32.4 Å². The van der Waals surface area contributed by atoms with E-state index in [0.29, 0.717) is 57.4 Å². The first kappa shape index (κ1) is 33.1. The van der Waals surface area contributed by atoms with Gasteiger partial charge in [-0.25, -0.2) is 18.1 Å². The number of halogens is 2. The Bertz CT molecular complexity index is 974. The highest BCUT2D eigenvalue weighted by molar-refractivity contribution is 7.88. The molecule has 2 saturated heterocycles. The van der Waals surface area contributed by atoms with Gasteiger partial charge in [0, 0.05) is 38.8 Å². The molecule has 3 rings (SSSR count). The monoisotopic (exact) mass is 583 g/mol. The number of amides is 3. The van der Waals surface area contributed by atoms with Gasteiger partial charge in [0.1, 0.15) is 12.1 Å². The summed E-state index contributed by atoms with van der Waals surface area (Å²) in [6, 6.07) is -2.20. The number of nitrogens with zero attached hydrogens (tertiary/aromatic N) is 3. The zero-order valence-electron chi connectivity index (χ0n) is 21.1. The number of nitrogens with one attached hydrogen (secondary N) is 3. The Morgan fingerprint density at radius 3 is 2.46 bits per heavy atom. The molecular formula is C22H39Cl2N7O5S. The van der Waals surface area contributed by atoms with Crippen LogP contribution in [0.15, 0.2) is 12.5 Å². The molecule has 0 saturated carbocycles. The third-order valence-corrected chi connectivity index (χ3v) is 7.18. The van der Waals surface area contributed by atoms with Crippen molar-refractivity contribution in [1.29, 1.82) is 0 Å². The fraction of sp³-hybridized carbons (Fsp3) is 0.727. The maximum atomic E-state index is 13.2. The first-order chi connectivity index (χ1) is 16.7. The van der Waals surface area contributed by atoms with Crippen molar-refractivity contribution in [3.63, 3.8) is 0 Å². The second-order valence-electron chi connectivity index (χ2n) is 9.32. The Kier molecular flexibility index (Phi) is 13.8. The van der Waals surface area contributed by atoms with Gasteiger partial charge in [-0.05, 0) is 44.9 Å². The van der Waals surface area contributed by atoms with Gasteiger partial charge in [0.25, 0.3) is 0 Å². The predicted molar refractivity (Wildman–Crippen MR) is 144 cm³/mol. The molecule has 0 spiro atoms. The van der Waals surface area contributed by atoms with Gasteiger partial charge in [-0.1, -0.05) is 0 Å². The first-order valence-corrected chi connectivity index (χ1v) is 14.1. The van der Waals surface area contributed by atoms with Crippen LogP contribution in [0.5, 0.6) is 0 Å². The minimum atomic E-state index is -3.27. The Hall–Kier alpha value is -1.93. The normalized spacial score (nSPS) is 19.0. The average molecular weight is 585 g/mol. The highest BCUT2D eigenvalue weighted by Gasteiger charge is 2.38. The van der Waals surface area contributed by atoms with E-state index in [-0.39, 0.29) is 55.5 Å². The van der Waals surface area contributed by atoms with Crippen LogP contribution in [0.3, 0.4) is 0 Å². The van der Waals surface area contributed by atoms with Crippen LogP contribution in [0.25, 0.3) is 0 Å². The predicted octanol–water partition coefficient (Wildman–Crippen LogP) is -0.0592. The molecule has 0 bridgehead atoms. The van der Waals surface area contributed by atoms with Gasteiger partial charge in [0.15, 0.2) is 0 Å². The Morgan fingerprint density at radius 1 is 1.14 bits per heavy atom. The average Bonchev–Trinajstić information content (AvgIpc) is 3.58. The van der Waals surface area contributed by atoms with E-state index in [4.69, 9.17) is 5.73 Å². The lowest BCUT2D eigenvalue weighted by molar-refractivity contribution is -0.141. The summed E-state index contributed by atoms with van der Waals surface area (Å²) in [6.45, 7) is 2.04.